The molecule has 1 aromatic carbocycles. The van der Waals surface area contributed by atoms with E-state index in [2.05, 4.69) is 24.0 Å². The van der Waals surface area contributed by atoms with Gasteiger partial charge in [0.1, 0.15) is 5.75 Å². The Morgan fingerprint density at radius 2 is 2.17 bits per heavy atom. The van der Waals surface area contributed by atoms with Crippen LogP contribution in [-0.4, -0.2) is 19.7 Å². The first-order valence-corrected chi connectivity index (χ1v) is 6.95. The second-order valence-electron chi connectivity index (χ2n) is 5.10. The van der Waals surface area contributed by atoms with Gasteiger partial charge in [-0.2, -0.15) is 0 Å². The van der Waals surface area contributed by atoms with Crippen molar-refractivity contribution in [3.63, 3.8) is 0 Å². The van der Waals surface area contributed by atoms with E-state index in [4.69, 9.17) is 10.5 Å². The first-order chi connectivity index (χ1) is 8.74. The molecule has 1 saturated heterocycles. The first kappa shape index (κ1) is 13.1. The van der Waals surface area contributed by atoms with Crippen molar-refractivity contribution in [1.82, 2.24) is 0 Å². The summed E-state index contributed by atoms with van der Waals surface area (Å²) in [4.78, 5) is 2.51. The summed E-state index contributed by atoms with van der Waals surface area (Å²) >= 11 is 0. The number of methoxy groups -OCH3 is 1. The molecule has 2 rings (SSSR count). The highest BCUT2D eigenvalue weighted by Crippen LogP contribution is 2.31. The molecule has 1 aliphatic heterocycles. The van der Waals surface area contributed by atoms with Gasteiger partial charge in [0.15, 0.2) is 0 Å². The molecule has 1 fully saturated rings. The normalized spacial score (nSPS) is 19.9. The monoisotopic (exact) mass is 248 g/mol. The van der Waals surface area contributed by atoms with Gasteiger partial charge in [0, 0.05) is 36.1 Å². The van der Waals surface area contributed by atoms with Crippen molar-refractivity contribution < 1.29 is 4.74 Å². The zero-order valence-electron chi connectivity index (χ0n) is 11.5. The van der Waals surface area contributed by atoms with Gasteiger partial charge in [0.05, 0.1) is 7.11 Å². The van der Waals surface area contributed by atoms with Gasteiger partial charge in [0.2, 0.25) is 0 Å². The van der Waals surface area contributed by atoms with E-state index in [1.807, 2.05) is 6.07 Å². The molecule has 0 aliphatic carbocycles. The molecule has 0 radical (unpaired) electrons. The Morgan fingerprint density at radius 1 is 1.33 bits per heavy atom. The molecule has 0 aromatic heterocycles. The number of piperidine rings is 1. The topological polar surface area (TPSA) is 38.5 Å². The lowest BCUT2D eigenvalue weighted by atomic mass is 9.97. The number of nitrogens with two attached hydrogens (primary N) is 1. The van der Waals surface area contributed by atoms with Crippen LogP contribution in [0.1, 0.15) is 39.0 Å². The molecular weight excluding hydrogens is 224 g/mol. The quantitative estimate of drug-likeness (QED) is 0.830. The van der Waals surface area contributed by atoms with Gasteiger partial charge in [-0.15, -0.1) is 0 Å². The highest BCUT2D eigenvalue weighted by Gasteiger charge is 2.22. The zero-order chi connectivity index (χ0) is 13.0. The van der Waals surface area contributed by atoms with E-state index in [1.54, 1.807) is 7.11 Å². The lowest BCUT2D eigenvalue weighted by Crippen LogP contribution is -2.39. The van der Waals surface area contributed by atoms with Crippen LogP contribution >= 0.6 is 0 Å². The average Bonchev–Trinajstić information content (AvgIpc) is 2.39. The number of nitrogen functional groups attached to an aromatic ring is 1. The molecule has 1 aromatic rings. The van der Waals surface area contributed by atoms with E-state index in [-0.39, 0.29) is 0 Å². The summed E-state index contributed by atoms with van der Waals surface area (Å²) in [6.45, 7) is 3.39. The van der Waals surface area contributed by atoms with Crippen molar-refractivity contribution in [2.75, 3.05) is 24.3 Å². The van der Waals surface area contributed by atoms with Crippen LogP contribution in [0.3, 0.4) is 0 Å². The Balaban J connectivity index is 2.24. The number of benzene rings is 1. The number of nitrogens with zero attached hydrogens (tertiary/aromatic N) is 1. The second kappa shape index (κ2) is 5.98. The maximum absolute atomic E-state index is 5.95. The minimum Gasteiger partial charge on any atom is -0.497 e. The van der Waals surface area contributed by atoms with Crippen LogP contribution < -0.4 is 15.4 Å². The van der Waals surface area contributed by atoms with Crippen molar-refractivity contribution >= 4 is 11.4 Å². The molecule has 0 spiro atoms. The third-order valence-electron chi connectivity index (χ3n) is 3.73. The molecule has 1 unspecified atom stereocenters. The van der Waals surface area contributed by atoms with Crippen molar-refractivity contribution in [2.24, 2.45) is 0 Å². The zero-order valence-corrected chi connectivity index (χ0v) is 11.5. The Morgan fingerprint density at radius 3 is 2.89 bits per heavy atom. The maximum atomic E-state index is 5.95. The van der Waals surface area contributed by atoms with Gasteiger partial charge in [-0.25, -0.2) is 0 Å². The smallest absolute Gasteiger partial charge is 0.122 e. The molecule has 100 valence electrons. The van der Waals surface area contributed by atoms with Gasteiger partial charge >= 0.3 is 0 Å². The first-order valence-electron chi connectivity index (χ1n) is 6.95. The van der Waals surface area contributed by atoms with Gasteiger partial charge < -0.3 is 15.4 Å². The average molecular weight is 248 g/mol. The summed E-state index contributed by atoms with van der Waals surface area (Å²) in [6.07, 6.45) is 6.42. The number of anilines is 2. The van der Waals surface area contributed by atoms with Crippen molar-refractivity contribution in [3.8, 4) is 5.75 Å². The standard InChI is InChI=1S/C15H24N2O/c1-3-6-13-7-4-5-8-17(13)14-9-12(16)10-15(11-14)18-2/h9-11,13H,3-8,16H2,1-2H3. The lowest BCUT2D eigenvalue weighted by molar-refractivity contribution is 0.412. The van der Waals surface area contributed by atoms with Gasteiger partial charge in [0.25, 0.3) is 0 Å². The molecule has 0 saturated carbocycles. The number of ether oxygens (including phenoxy) is 1. The molecule has 3 heteroatoms. The number of hydrogen-bond donors (Lipinski definition) is 1. The third kappa shape index (κ3) is 2.89. The van der Waals surface area contributed by atoms with Crippen molar-refractivity contribution in [1.29, 1.82) is 0 Å². The van der Waals surface area contributed by atoms with E-state index in [0.29, 0.717) is 6.04 Å². The predicted molar refractivity (Wildman–Crippen MR) is 77.3 cm³/mol. The van der Waals surface area contributed by atoms with E-state index >= 15 is 0 Å². The fourth-order valence-corrected chi connectivity index (χ4v) is 2.86. The molecular formula is C15H24N2O. The minimum atomic E-state index is 0.662. The molecule has 3 nitrogen and oxygen atoms in total. The molecule has 2 N–H and O–H groups in total. The van der Waals surface area contributed by atoms with Gasteiger partial charge in [-0.3, -0.25) is 0 Å². The Hall–Kier alpha value is -1.38. The fourth-order valence-electron chi connectivity index (χ4n) is 2.86. The molecule has 1 heterocycles. The lowest BCUT2D eigenvalue weighted by Gasteiger charge is -2.38. The van der Waals surface area contributed by atoms with E-state index in [0.717, 1.165) is 18.0 Å². The molecule has 1 aliphatic rings. The second-order valence-corrected chi connectivity index (χ2v) is 5.10. The van der Waals surface area contributed by atoms with Crippen LogP contribution in [0.2, 0.25) is 0 Å². The van der Waals surface area contributed by atoms with Crippen LogP contribution in [0.5, 0.6) is 5.75 Å². The van der Waals surface area contributed by atoms with Crippen LogP contribution in [0.25, 0.3) is 0 Å². The van der Waals surface area contributed by atoms with Crippen LogP contribution in [-0.2, 0) is 0 Å². The summed E-state index contributed by atoms with van der Waals surface area (Å²) in [7, 11) is 1.69. The predicted octanol–water partition coefficient (Wildman–Crippen LogP) is 3.44. The van der Waals surface area contributed by atoms with Gasteiger partial charge in [-0.05, 0) is 31.7 Å². The Kier molecular flexibility index (Phi) is 4.34. The van der Waals surface area contributed by atoms with E-state index < -0.39 is 0 Å². The highest BCUT2D eigenvalue weighted by molar-refractivity contribution is 5.61. The minimum absolute atomic E-state index is 0.662. The fraction of sp³-hybridized carbons (Fsp3) is 0.600. The molecule has 1 atom stereocenters. The molecule has 0 amide bonds. The van der Waals surface area contributed by atoms with Crippen molar-refractivity contribution in [3.05, 3.63) is 18.2 Å². The molecule has 18 heavy (non-hydrogen) atoms. The van der Waals surface area contributed by atoms with Crippen molar-refractivity contribution in [2.45, 2.75) is 45.1 Å². The van der Waals surface area contributed by atoms with Crippen LogP contribution in [0.15, 0.2) is 18.2 Å². The Labute approximate surface area is 110 Å². The third-order valence-corrected chi connectivity index (χ3v) is 3.73. The summed E-state index contributed by atoms with van der Waals surface area (Å²) in [5.74, 6) is 0.853. The number of rotatable bonds is 4. The van der Waals surface area contributed by atoms with E-state index in [9.17, 15) is 0 Å². The maximum Gasteiger partial charge on any atom is 0.122 e. The van der Waals surface area contributed by atoms with Crippen LogP contribution in [0.4, 0.5) is 11.4 Å². The van der Waals surface area contributed by atoms with Crippen LogP contribution in [0, 0.1) is 0 Å². The SMILES string of the molecule is CCCC1CCCCN1c1cc(N)cc(OC)c1. The Bertz CT molecular complexity index is 390. The largest absolute Gasteiger partial charge is 0.497 e. The highest BCUT2D eigenvalue weighted by atomic mass is 16.5. The van der Waals surface area contributed by atoms with Gasteiger partial charge in [-0.1, -0.05) is 13.3 Å². The summed E-state index contributed by atoms with van der Waals surface area (Å²) in [6, 6.07) is 6.71. The summed E-state index contributed by atoms with van der Waals surface area (Å²) in [5.41, 5.74) is 7.95. The number of hydrogen-bond acceptors (Lipinski definition) is 3. The van der Waals surface area contributed by atoms with E-state index in [1.165, 1.54) is 37.8 Å². The summed E-state index contributed by atoms with van der Waals surface area (Å²) < 4.78 is 5.32. The summed E-state index contributed by atoms with van der Waals surface area (Å²) in [5, 5.41) is 0. The molecule has 0 bridgehead atoms.